The van der Waals surface area contributed by atoms with Crippen molar-refractivity contribution >= 4 is 28.6 Å². The van der Waals surface area contributed by atoms with Crippen LogP contribution in [0.2, 0.25) is 0 Å². The predicted octanol–water partition coefficient (Wildman–Crippen LogP) is 1.48. The van der Waals surface area contributed by atoms with Crippen LogP contribution in [0.25, 0.3) is 0 Å². The number of halogens is 1. The Morgan fingerprint density at radius 1 is 1.89 bits per heavy atom. The van der Waals surface area contributed by atoms with E-state index >= 15 is 0 Å². The normalized spacial score (nSPS) is 10.1. The molecule has 0 unspecified atom stereocenters. The summed E-state index contributed by atoms with van der Waals surface area (Å²) in [5.74, 6) is 2.22. The molecule has 0 saturated carbocycles. The van der Waals surface area contributed by atoms with Crippen molar-refractivity contribution in [3.8, 4) is 12.3 Å². The molecule has 0 aromatic rings. The van der Waals surface area contributed by atoms with E-state index < -0.39 is 0 Å². The van der Waals surface area contributed by atoms with Crippen LogP contribution in [0, 0.1) is 17.8 Å². The van der Waals surface area contributed by atoms with Gasteiger partial charge in [-0.1, -0.05) is 5.92 Å². The molecule has 0 rings (SSSR count). The Morgan fingerprint density at radius 3 is 2.78 bits per heavy atom. The first kappa shape index (κ1) is 8.50. The number of rotatable bonds is 2. The van der Waals surface area contributed by atoms with Crippen molar-refractivity contribution in [2.75, 3.05) is 0 Å². The van der Waals surface area contributed by atoms with Crippen molar-refractivity contribution in [1.82, 2.24) is 3.53 Å². The summed E-state index contributed by atoms with van der Waals surface area (Å²) in [6.45, 7) is 1.79. The first-order valence-electron chi connectivity index (χ1n) is 2.31. The standard InChI is InChI=1S/C6H7IN2/c1-3-6(8)5(2)4-9-7/h1,4,8-9H,2H3/b5-4-,8-6?. The molecular weight excluding hydrogens is 227 g/mol. The molecule has 9 heavy (non-hydrogen) atoms. The van der Waals surface area contributed by atoms with E-state index in [9.17, 15) is 0 Å². The quantitative estimate of drug-likeness (QED) is 0.323. The van der Waals surface area contributed by atoms with E-state index in [1.165, 1.54) is 0 Å². The van der Waals surface area contributed by atoms with Crippen LogP contribution >= 0.6 is 22.9 Å². The minimum absolute atomic E-state index is 0.221. The van der Waals surface area contributed by atoms with E-state index in [1.807, 2.05) is 22.9 Å². The fourth-order valence-corrected chi connectivity index (χ4v) is 0.735. The van der Waals surface area contributed by atoms with E-state index in [2.05, 4.69) is 9.45 Å². The second kappa shape index (κ2) is 4.39. The third-order valence-electron chi connectivity index (χ3n) is 0.810. The second-order valence-corrected chi connectivity index (χ2v) is 2.08. The van der Waals surface area contributed by atoms with E-state index in [-0.39, 0.29) is 5.71 Å². The van der Waals surface area contributed by atoms with Crippen LogP contribution in [0.15, 0.2) is 11.8 Å². The molecule has 0 aliphatic heterocycles. The van der Waals surface area contributed by atoms with Gasteiger partial charge in [-0.2, -0.15) is 0 Å². The third kappa shape index (κ3) is 3.14. The lowest BCUT2D eigenvalue weighted by Crippen LogP contribution is -1.96. The van der Waals surface area contributed by atoms with Gasteiger partial charge in [-0.15, -0.1) is 6.42 Å². The highest BCUT2D eigenvalue weighted by molar-refractivity contribution is 14.1. The minimum Gasteiger partial charge on any atom is -0.335 e. The molecule has 0 saturated heterocycles. The zero-order chi connectivity index (χ0) is 7.28. The lowest BCUT2D eigenvalue weighted by atomic mass is 10.2. The number of allylic oxidation sites excluding steroid dienone is 1. The molecule has 0 fully saturated rings. The first-order chi connectivity index (χ1) is 4.22. The SMILES string of the molecule is C#CC(=N)/C(C)=C\NI. The van der Waals surface area contributed by atoms with E-state index in [0.717, 1.165) is 5.57 Å². The summed E-state index contributed by atoms with van der Waals surface area (Å²) >= 11 is 1.96. The second-order valence-electron chi connectivity index (χ2n) is 1.46. The molecule has 0 spiro atoms. The summed E-state index contributed by atoms with van der Waals surface area (Å²) in [4.78, 5) is 0. The van der Waals surface area contributed by atoms with Gasteiger partial charge >= 0.3 is 0 Å². The third-order valence-corrected chi connectivity index (χ3v) is 1.12. The predicted molar refractivity (Wildman–Crippen MR) is 47.5 cm³/mol. The fraction of sp³-hybridized carbons (Fsp3) is 0.167. The van der Waals surface area contributed by atoms with Crippen molar-refractivity contribution in [1.29, 1.82) is 5.41 Å². The van der Waals surface area contributed by atoms with E-state index in [0.29, 0.717) is 0 Å². The van der Waals surface area contributed by atoms with Crippen LogP contribution < -0.4 is 3.53 Å². The molecule has 0 radical (unpaired) electrons. The molecule has 0 amide bonds. The largest absolute Gasteiger partial charge is 0.335 e. The summed E-state index contributed by atoms with van der Waals surface area (Å²) in [6, 6.07) is 0. The molecule has 2 N–H and O–H groups in total. The average molecular weight is 234 g/mol. The average Bonchev–Trinajstić information content (AvgIpc) is 1.87. The number of hydrogen-bond acceptors (Lipinski definition) is 2. The molecule has 3 heteroatoms. The summed E-state index contributed by atoms with van der Waals surface area (Å²) in [7, 11) is 0. The van der Waals surface area contributed by atoms with Crippen LogP contribution in [-0.4, -0.2) is 5.71 Å². The lowest BCUT2D eigenvalue weighted by molar-refractivity contribution is 1.39. The monoisotopic (exact) mass is 234 g/mol. The van der Waals surface area contributed by atoms with Crippen molar-refractivity contribution in [2.24, 2.45) is 0 Å². The van der Waals surface area contributed by atoms with E-state index in [1.54, 1.807) is 13.1 Å². The Labute approximate surface area is 68.7 Å². The maximum atomic E-state index is 7.10. The van der Waals surface area contributed by atoms with Gasteiger partial charge in [0.05, 0.1) is 22.9 Å². The van der Waals surface area contributed by atoms with Crippen molar-refractivity contribution in [3.05, 3.63) is 11.8 Å². The molecule has 0 bridgehead atoms. The number of hydrogen-bond donors (Lipinski definition) is 2. The van der Waals surface area contributed by atoms with Gasteiger partial charge < -0.3 is 3.53 Å². The molecule has 0 heterocycles. The Bertz CT molecular complexity index is 176. The van der Waals surface area contributed by atoms with Crippen LogP contribution in [0.4, 0.5) is 0 Å². The molecule has 48 valence electrons. The van der Waals surface area contributed by atoms with Gasteiger partial charge in [0.1, 0.15) is 5.71 Å². The first-order valence-corrected chi connectivity index (χ1v) is 3.38. The zero-order valence-corrected chi connectivity index (χ0v) is 7.19. The van der Waals surface area contributed by atoms with Gasteiger partial charge in [0.15, 0.2) is 0 Å². The maximum absolute atomic E-state index is 7.10. The van der Waals surface area contributed by atoms with Gasteiger partial charge in [0, 0.05) is 6.20 Å². The molecule has 0 aliphatic rings. The van der Waals surface area contributed by atoms with Crippen molar-refractivity contribution in [3.63, 3.8) is 0 Å². The van der Waals surface area contributed by atoms with Crippen LogP contribution in [0.3, 0.4) is 0 Å². The van der Waals surface area contributed by atoms with Gasteiger partial charge in [-0.3, -0.25) is 5.41 Å². The Morgan fingerprint density at radius 2 is 2.44 bits per heavy atom. The fourth-order valence-electron chi connectivity index (χ4n) is 0.268. The number of nitrogens with one attached hydrogen (secondary N) is 2. The maximum Gasteiger partial charge on any atom is 0.108 e. The van der Waals surface area contributed by atoms with Crippen molar-refractivity contribution < 1.29 is 0 Å². The molecular formula is C6H7IN2. The highest BCUT2D eigenvalue weighted by Gasteiger charge is 1.90. The highest BCUT2D eigenvalue weighted by Crippen LogP contribution is 1.91. The Balaban J connectivity index is 4.07. The molecule has 0 aromatic heterocycles. The lowest BCUT2D eigenvalue weighted by Gasteiger charge is -1.92. The summed E-state index contributed by atoms with van der Waals surface area (Å²) in [5, 5.41) is 7.10. The topological polar surface area (TPSA) is 35.9 Å². The molecule has 2 nitrogen and oxygen atoms in total. The van der Waals surface area contributed by atoms with Crippen molar-refractivity contribution in [2.45, 2.75) is 6.92 Å². The number of terminal acetylenes is 1. The van der Waals surface area contributed by atoms with Crippen LogP contribution in [-0.2, 0) is 0 Å². The Hall–Kier alpha value is -0.500. The Kier molecular flexibility index (Phi) is 4.14. The van der Waals surface area contributed by atoms with Gasteiger partial charge in [-0.05, 0) is 12.5 Å². The summed E-state index contributed by atoms with van der Waals surface area (Å²) < 4.78 is 2.75. The smallest absolute Gasteiger partial charge is 0.108 e. The van der Waals surface area contributed by atoms with Gasteiger partial charge in [0.2, 0.25) is 0 Å². The molecule has 0 aliphatic carbocycles. The zero-order valence-electron chi connectivity index (χ0n) is 5.03. The highest BCUT2D eigenvalue weighted by atomic mass is 127. The molecule has 0 aromatic carbocycles. The van der Waals surface area contributed by atoms with Gasteiger partial charge in [0.25, 0.3) is 0 Å². The van der Waals surface area contributed by atoms with Crippen LogP contribution in [0.1, 0.15) is 6.92 Å². The summed E-state index contributed by atoms with van der Waals surface area (Å²) in [6.07, 6.45) is 6.64. The minimum atomic E-state index is 0.221. The summed E-state index contributed by atoms with van der Waals surface area (Å²) in [5.41, 5.74) is 0.992. The van der Waals surface area contributed by atoms with Crippen LogP contribution in [0.5, 0.6) is 0 Å². The van der Waals surface area contributed by atoms with Gasteiger partial charge in [-0.25, -0.2) is 0 Å². The van der Waals surface area contributed by atoms with E-state index in [4.69, 9.17) is 11.8 Å². The molecule has 0 atom stereocenters.